The van der Waals surface area contributed by atoms with Gasteiger partial charge < -0.3 is 0 Å². The number of aryl methyl sites for hydroxylation is 1. The summed E-state index contributed by atoms with van der Waals surface area (Å²) in [6, 6.07) is 30.8. The molecule has 0 unspecified atom stereocenters. The first-order valence-corrected chi connectivity index (χ1v) is 13.2. The standard InChI is InChI=1S/C35H25N5/c1-23(11-12-25-13-14-26-7-6-20-37-35(26)24(25)2)33-9-5-10-34-29-21-27(15-17-30(29)39-40(33)34)28-16-18-32(38-22-28)31-8-3-4-19-36-31/h3-22H,1H2,2H3/b12-11-. The van der Waals surface area contributed by atoms with Crippen LogP contribution in [0.5, 0.6) is 0 Å². The van der Waals surface area contributed by atoms with E-state index in [9.17, 15) is 0 Å². The zero-order valence-corrected chi connectivity index (χ0v) is 22.0. The maximum atomic E-state index is 4.93. The van der Waals surface area contributed by atoms with Crippen molar-refractivity contribution in [3.05, 3.63) is 139 Å². The summed E-state index contributed by atoms with van der Waals surface area (Å²) >= 11 is 0. The molecule has 5 heteroatoms. The van der Waals surface area contributed by atoms with Crippen LogP contribution in [0.4, 0.5) is 0 Å². The van der Waals surface area contributed by atoms with Crippen LogP contribution < -0.4 is 0 Å². The van der Waals surface area contributed by atoms with Crippen molar-refractivity contribution < 1.29 is 0 Å². The van der Waals surface area contributed by atoms with Crippen LogP contribution in [-0.4, -0.2) is 24.6 Å². The summed E-state index contributed by atoms with van der Waals surface area (Å²) in [5.41, 5.74) is 10.9. The van der Waals surface area contributed by atoms with Crippen LogP contribution in [0.1, 0.15) is 16.8 Å². The van der Waals surface area contributed by atoms with Gasteiger partial charge in [-0.2, -0.15) is 5.10 Å². The van der Waals surface area contributed by atoms with E-state index in [1.165, 1.54) is 0 Å². The fourth-order valence-electron chi connectivity index (χ4n) is 5.17. The predicted molar refractivity (Wildman–Crippen MR) is 164 cm³/mol. The molecule has 0 aliphatic rings. The molecule has 0 amide bonds. The number of hydrogen-bond donors (Lipinski definition) is 0. The summed E-state index contributed by atoms with van der Waals surface area (Å²) in [5.74, 6) is 0. The summed E-state index contributed by atoms with van der Waals surface area (Å²) in [6.45, 7) is 6.48. The smallest absolute Gasteiger partial charge is 0.0934 e. The van der Waals surface area contributed by atoms with E-state index >= 15 is 0 Å². The topological polar surface area (TPSA) is 56.0 Å². The highest BCUT2D eigenvalue weighted by Crippen LogP contribution is 2.30. The van der Waals surface area contributed by atoms with Gasteiger partial charge in [0.05, 0.1) is 33.6 Å². The molecular weight excluding hydrogens is 490 g/mol. The van der Waals surface area contributed by atoms with Gasteiger partial charge in [-0.25, -0.2) is 4.52 Å². The fourth-order valence-corrected chi connectivity index (χ4v) is 5.17. The van der Waals surface area contributed by atoms with Crippen molar-refractivity contribution in [2.24, 2.45) is 0 Å². The molecule has 40 heavy (non-hydrogen) atoms. The molecule has 5 aromatic heterocycles. The summed E-state index contributed by atoms with van der Waals surface area (Å²) in [6.07, 6.45) is 9.68. The third-order valence-electron chi connectivity index (χ3n) is 7.33. The Labute approximate surface area is 231 Å². The second-order valence-corrected chi connectivity index (χ2v) is 9.80. The van der Waals surface area contributed by atoms with E-state index in [0.29, 0.717) is 0 Å². The molecule has 0 saturated carbocycles. The minimum atomic E-state index is 0.854. The van der Waals surface area contributed by atoms with Gasteiger partial charge in [0.1, 0.15) is 0 Å². The van der Waals surface area contributed by atoms with Gasteiger partial charge in [0.25, 0.3) is 0 Å². The zero-order valence-electron chi connectivity index (χ0n) is 22.0. The fraction of sp³-hybridized carbons (Fsp3) is 0.0286. The molecule has 0 radical (unpaired) electrons. The molecule has 7 rings (SSSR count). The van der Waals surface area contributed by atoms with Crippen molar-refractivity contribution in [2.75, 3.05) is 0 Å². The second kappa shape index (κ2) is 9.71. The van der Waals surface area contributed by atoms with Gasteiger partial charge in [0.15, 0.2) is 0 Å². The van der Waals surface area contributed by atoms with E-state index in [0.717, 1.165) is 72.2 Å². The van der Waals surface area contributed by atoms with Gasteiger partial charge in [-0.3, -0.25) is 15.0 Å². The minimum Gasteiger partial charge on any atom is -0.256 e. The van der Waals surface area contributed by atoms with E-state index in [2.05, 4.69) is 101 Å². The van der Waals surface area contributed by atoms with E-state index in [-0.39, 0.29) is 0 Å². The van der Waals surface area contributed by atoms with Gasteiger partial charge in [0.2, 0.25) is 0 Å². The Hall–Kier alpha value is -5.42. The highest BCUT2D eigenvalue weighted by atomic mass is 15.2. The number of benzene rings is 2. The van der Waals surface area contributed by atoms with E-state index in [1.54, 1.807) is 6.20 Å². The molecule has 190 valence electrons. The molecule has 0 bridgehead atoms. The van der Waals surface area contributed by atoms with Crippen molar-refractivity contribution in [2.45, 2.75) is 6.92 Å². The van der Waals surface area contributed by atoms with Gasteiger partial charge in [0, 0.05) is 34.9 Å². The number of rotatable bonds is 5. The van der Waals surface area contributed by atoms with Crippen LogP contribution in [0.25, 0.3) is 61.5 Å². The highest BCUT2D eigenvalue weighted by Gasteiger charge is 2.11. The molecule has 0 atom stereocenters. The van der Waals surface area contributed by atoms with Crippen molar-refractivity contribution in [1.82, 2.24) is 24.6 Å². The number of aromatic nitrogens is 5. The zero-order chi connectivity index (χ0) is 27.1. The first-order valence-electron chi connectivity index (χ1n) is 13.2. The largest absolute Gasteiger partial charge is 0.256 e. The molecule has 2 aromatic carbocycles. The van der Waals surface area contributed by atoms with Gasteiger partial charge in [-0.1, -0.05) is 61.2 Å². The molecule has 0 spiro atoms. The van der Waals surface area contributed by atoms with Crippen molar-refractivity contribution in [3.8, 4) is 22.5 Å². The maximum absolute atomic E-state index is 4.93. The summed E-state index contributed by atoms with van der Waals surface area (Å²) in [5, 5.41) is 7.15. The van der Waals surface area contributed by atoms with Crippen LogP contribution >= 0.6 is 0 Å². The summed E-state index contributed by atoms with van der Waals surface area (Å²) in [7, 11) is 0. The van der Waals surface area contributed by atoms with Crippen molar-refractivity contribution in [1.29, 1.82) is 0 Å². The van der Waals surface area contributed by atoms with Crippen LogP contribution in [0.2, 0.25) is 0 Å². The minimum absolute atomic E-state index is 0.854. The lowest BCUT2D eigenvalue weighted by Crippen LogP contribution is -1.95. The lowest BCUT2D eigenvalue weighted by atomic mass is 10.0. The van der Waals surface area contributed by atoms with E-state index in [4.69, 9.17) is 5.10 Å². The molecule has 0 saturated heterocycles. The Balaban J connectivity index is 1.22. The normalized spacial score (nSPS) is 11.6. The lowest BCUT2D eigenvalue weighted by molar-refractivity contribution is 0.963. The van der Waals surface area contributed by atoms with Gasteiger partial charge in [-0.05, 0) is 77.7 Å². The number of fused-ring (bicyclic) bond motifs is 4. The predicted octanol–water partition coefficient (Wildman–Crippen LogP) is 8.19. The van der Waals surface area contributed by atoms with Crippen molar-refractivity contribution >= 4 is 39.0 Å². The summed E-state index contributed by atoms with van der Waals surface area (Å²) < 4.78 is 1.98. The van der Waals surface area contributed by atoms with E-state index < -0.39 is 0 Å². The van der Waals surface area contributed by atoms with Gasteiger partial charge in [-0.15, -0.1) is 0 Å². The molecule has 0 aliphatic carbocycles. The monoisotopic (exact) mass is 515 g/mol. The average Bonchev–Trinajstić information content (AvgIpc) is 3.39. The van der Waals surface area contributed by atoms with Crippen LogP contribution in [0.15, 0.2) is 122 Å². The molecule has 5 heterocycles. The third kappa shape index (κ3) is 4.14. The molecular formula is C35H25N5. The van der Waals surface area contributed by atoms with Crippen molar-refractivity contribution in [3.63, 3.8) is 0 Å². The Morgan fingerprint density at radius 1 is 0.775 bits per heavy atom. The quantitative estimate of drug-likeness (QED) is 0.217. The van der Waals surface area contributed by atoms with Crippen LogP contribution in [0, 0.1) is 6.92 Å². The third-order valence-corrected chi connectivity index (χ3v) is 7.33. The molecule has 0 fully saturated rings. The highest BCUT2D eigenvalue weighted by molar-refractivity contribution is 5.98. The number of nitrogens with zero attached hydrogens (tertiary/aromatic N) is 5. The molecule has 0 aliphatic heterocycles. The first-order chi connectivity index (χ1) is 19.7. The lowest BCUT2D eigenvalue weighted by Gasteiger charge is -2.07. The molecule has 0 N–H and O–H groups in total. The summed E-state index contributed by atoms with van der Waals surface area (Å²) in [4.78, 5) is 13.6. The molecule has 5 nitrogen and oxygen atoms in total. The number of hydrogen-bond acceptors (Lipinski definition) is 4. The van der Waals surface area contributed by atoms with E-state index in [1.807, 2.05) is 47.2 Å². The Morgan fingerprint density at radius 3 is 2.50 bits per heavy atom. The second-order valence-electron chi connectivity index (χ2n) is 9.80. The van der Waals surface area contributed by atoms with Crippen LogP contribution in [-0.2, 0) is 0 Å². The SMILES string of the molecule is C=C(/C=C\c1ccc2cccnc2c1C)c1cccc2c3cc(-c4ccc(-c5ccccn5)nc4)ccc3nn12. The number of pyridine rings is 4. The Bertz CT molecular complexity index is 2070. The Morgan fingerprint density at radius 2 is 1.65 bits per heavy atom. The first kappa shape index (κ1) is 23.7. The van der Waals surface area contributed by atoms with Gasteiger partial charge >= 0.3 is 0 Å². The molecule has 7 aromatic rings. The van der Waals surface area contributed by atoms with Crippen LogP contribution in [0.3, 0.4) is 0 Å². The maximum Gasteiger partial charge on any atom is 0.0934 e. The Kier molecular flexibility index (Phi) is 5.75. The average molecular weight is 516 g/mol. The number of allylic oxidation sites excluding steroid dienone is 2.